The van der Waals surface area contributed by atoms with Crippen LogP contribution in [0, 0.1) is 0 Å². The van der Waals surface area contributed by atoms with Crippen molar-refractivity contribution in [3.8, 4) is 0 Å². The van der Waals surface area contributed by atoms with Gasteiger partial charge in [0.1, 0.15) is 23.1 Å². The van der Waals surface area contributed by atoms with Gasteiger partial charge in [-0.2, -0.15) is 20.3 Å². The van der Waals surface area contributed by atoms with Crippen molar-refractivity contribution >= 4 is 47.0 Å². The van der Waals surface area contributed by atoms with E-state index >= 15 is 0 Å². The van der Waals surface area contributed by atoms with Gasteiger partial charge in [-0.15, -0.1) is 0 Å². The minimum Gasteiger partial charge on any atom is -0.481 e. The fourth-order valence-corrected chi connectivity index (χ4v) is 7.99. The maximum absolute atomic E-state index is 11.3. The molecule has 12 N–H and O–H groups in total. The SMILES string of the molecule is CC(=O)O.CC(=O)O.CC(=O)O.CC(=O)O.CC1(C)CC(=O)CC(C)(C)N1O.CC1(C)CC(=O)CC(C)(C)N1O.CC1(C)CC(=O)CC(C)(C)N1O.CC1(C)CC(=O)CC(C)(C)N1O.NCCN. The van der Waals surface area contributed by atoms with Gasteiger partial charge in [0.15, 0.2) is 0 Å². The van der Waals surface area contributed by atoms with E-state index in [9.17, 15) is 40.0 Å². The van der Waals surface area contributed by atoms with E-state index < -0.39 is 68.2 Å². The lowest BCUT2D eigenvalue weighted by Gasteiger charge is -2.47. The number of rotatable bonds is 1. The zero-order chi connectivity index (χ0) is 56.0. The summed E-state index contributed by atoms with van der Waals surface area (Å²) in [5, 5.41) is 73.9. The Kier molecular flexibility index (Phi) is 32.3. The highest BCUT2D eigenvalue weighted by atomic mass is 16.5. The molecule has 0 aromatic carbocycles. The van der Waals surface area contributed by atoms with Gasteiger partial charge in [0.25, 0.3) is 23.9 Å². The second-order valence-corrected chi connectivity index (χ2v) is 22.0. The van der Waals surface area contributed by atoms with Gasteiger partial charge in [0.05, 0.1) is 0 Å². The molecule has 0 aromatic heterocycles. The fraction of sp³-hybridized carbons (Fsp3) is 0.826. The van der Waals surface area contributed by atoms with Crippen molar-refractivity contribution in [2.45, 2.75) is 234 Å². The van der Waals surface area contributed by atoms with Crippen LogP contribution in [0.25, 0.3) is 0 Å². The zero-order valence-electron chi connectivity index (χ0n) is 44.9. The monoisotopic (exact) mass is 985 g/mol. The number of carboxylic acids is 4. The Balaban J connectivity index is -0.000000229. The average molecular weight is 985 g/mol. The van der Waals surface area contributed by atoms with E-state index in [2.05, 4.69) is 0 Å². The summed E-state index contributed by atoms with van der Waals surface area (Å²) in [7, 11) is 0. The van der Waals surface area contributed by atoms with E-state index in [-0.39, 0.29) is 23.1 Å². The third kappa shape index (κ3) is 32.1. The molecule has 4 heterocycles. The Bertz CT molecular complexity index is 1310. The van der Waals surface area contributed by atoms with Crippen molar-refractivity contribution < 1.29 is 79.6 Å². The maximum atomic E-state index is 11.3. The molecule has 0 spiro atoms. The molecule has 0 unspecified atom stereocenters. The molecule has 4 saturated heterocycles. The van der Waals surface area contributed by atoms with E-state index in [1.54, 1.807) is 0 Å². The van der Waals surface area contributed by atoms with Crippen LogP contribution in [-0.2, 0) is 38.4 Å². The molecule has 0 aliphatic carbocycles. The lowest BCUT2D eigenvalue weighted by Crippen LogP contribution is -2.59. The van der Waals surface area contributed by atoms with Crippen LogP contribution in [0.5, 0.6) is 0 Å². The van der Waals surface area contributed by atoms with Crippen LogP contribution in [-0.4, -0.2) is 166 Å². The van der Waals surface area contributed by atoms with Crippen LogP contribution in [0.2, 0.25) is 0 Å². The van der Waals surface area contributed by atoms with Gasteiger partial charge >= 0.3 is 0 Å². The van der Waals surface area contributed by atoms with Crippen molar-refractivity contribution in [3.63, 3.8) is 0 Å². The Morgan fingerprint density at radius 3 is 0.471 bits per heavy atom. The Morgan fingerprint density at radius 1 is 0.338 bits per heavy atom. The number of Topliss-reactive ketones (excluding diaryl/α,β-unsaturated/α-hetero) is 4. The van der Waals surface area contributed by atoms with E-state index in [1.165, 1.54) is 20.3 Å². The minimum atomic E-state index is -0.833. The molecular formula is C46H92N6O16. The zero-order valence-corrected chi connectivity index (χ0v) is 44.9. The number of nitrogens with two attached hydrogens (primary N) is 2. The first-order valence-electron chi connectivity index (χ1n) is 22.1. The van der Waals surface area contributed by atoms with Crippen LogP contribution >= 0.6 is 0 Å². The quantitative estimate of drug-likeness (QED) is 0.151. The Labute approximate surface area is 404 Å². The second-order valence-electron chi connectivity index (χ2n) is 22.0. The topological polar surface area (TPSA) is 363 Å². The average Bonchev–Trinajstić information content (AvgIpc) is 3.06. The van der Waals surface area contributed by atoms with Crippen LogP contribution in [0.4, 0.5) is 0 Å². The van der Waals surface area contributed by atoms with Crippen LogP contribution in [0.3, 0.4) is 0 Å². The summed E-state index contributed by atoms with van der Waals surface area (Å²) in [5.41, 5.74) is 6.46. The number of hydrogen-bond donors (Lipinski definition) is 10. The summed E-state index contributed by atoms with van der Waals surface area (Å²) in [6, 6.07) is 0. The molecule has 4 fully saturated rings. The number of aliphatic carboxylic acids is 4. The van der Waals surface area contributed by atoms with Gasteiger partial charge in [0.2, 0.25) is 0 Å². The molecule has 68 heavy (non-hydrogen) atoms. The van der Waals surface area contributed by atoms with E-state index in [0.29, 0.717) is 64.5 Å². The highest BCUT2D eigenvalue weighted by Gasteiger charge is 2.47. The van der Waals surface area contributed by atoms with Gasteiger partial charge in [0, 0.05) is 136 Å². The summed E-state index contributed by atoms with van der Waals surface area (Å²) in [5.74, 6) is -2.41. The lowest BCUT2D eigenvalue weighted by molar-refractivity contribution is -0.237. The first-order chi connectivity index (χ1) is 29.9. The molecule has 0 aromatic rings. The van der Waals surface area contributed by atoms with Crippen molar-refractivity contribution in [1.82, 2.24) is 20.3 Å². The summed E-state index contributed by atoms with van der Waals surface area (Å²) in [4.78, 5) is 81.2. The van der Waals surface area contributed by atoms with Crippen LogP contribution < -0.4 is 11.5 Å². The van der Waals surface area contributed by atoms with E-state index in [1.807, 2.05) is 111 Å². The molecule has 0 saturated carbocycles. The predicted octanol–water partition coefficient (Wildman–Crippen LogP) is 5.66. The van der Waals surface area contributed by atoms with Gasteiger partial charge < -0.3 is 52.7 Å². The van der Waals surface area contributed by atoms with Crippen LogP contribution in [0.15, 0.2) is 0 Å². The maximum Gasteiger partial charge on any atom is 0.300 e. The smallest absolute Gasteiger partial charge is 0.300 e. The molecule has 22 heteroatoms. The van der Waals surface area contributed by atoms with Gasteiger partial charge in [-0.1, -0.05) is 0 Å². The second kappa shape index (κ2) is 30.0. The van der Waals surface area contributed by atoms with Crippen molar-refractivity contribution in [2.24, 2.45) is 11.5 Å². The van der Waals surface area contributed by atoms with Crippen LogP contribution in [0.1, 0.15) is 190 Å². The number of carbonyl (C=O) groups excluding carboxylic acids is 4. The van der Waals surface area contributed by atoms with Gasteiger partial charge in [-0.3, -0.25) is 38.4 Å². The number of piperidine rings is 4. The van der Waals surface area contributed by atoms with Crippen molar-refractivity contribution in [1.29, 1.82) is 0 Å². The molecule has 402 valence electrons. The molecule has 4 aliphatic heterocycles. The highest BCUT2D eigenvalue weighted by molar-refractivity contribution is 5.83. The summed E-state index contributed by atoms with van der Waals surface area (Å²) >= 11 is 0. The van der Waals surface area contributed by atoms with Gasteiger partial charge in [-0.05, 0) is 111 Å². The first-order valence-corrected chi connectivity index (χ1v) is 22.1. The fourth-order valence-electron chi connectivity index (χ4n) is 7.99. The highest BCUT2D eigenvalue weighted by Crippen LogP contribution is 2.37. The summed E-state index contributed by atoms with van der Waals surface area (Å²) < 4.78 is 0. The number of carbonyl (C=O) groups is 8. The normalized spacial score (nSPS) is 22.3. The molecule has 0 radical (unpaired) electrons. The molecule has 0 bridgehead atoms. The number of ketones is 4. The third-order valence-electron chi connectivity index (χ3n) is 9.79. The summed E-state index contributed by atoms with van der Waals surface area (Å²) in [6.07, 6.45) is 3.50. The standard InChI is InChI=1S/4C9H17NO2.C2H8N2.4C2H4O2/c4*1-8(2)5-7(11)6-9(3,4)10(8)12;3-1-2-4;4*1-2(3)4/h4*12H,5-6H2,1-4H3;1-4H2;4*1H3,(H,3,4). The Morgan fingerprint density at radius 2 is 0.412 bits per heavy atom. The first kappa shape index (κ1) is 73.1. The predicted molar refractivity (Wildman–Crippen MR) is 255 cm³/mol. The molecule has 4 aliphatic rings. The minimum absolute atomic E-state index is 0.232. The van der Waals surface area contributed by atoms with Gasteiger partial charge in [-0.25, -0.2) is 0 Å². The number of hydroxylamine groups is 8. The number of nitrogens with zero attached hydrogens (tertiary/aromatic N) is 4. The Hall–Kier alpha value is -3.84. The molecular weight excluding hydrogens is 893 g/mol. The van der Waals surface area contributed by atoms with Crippen molar-refractivity contribution in [3.05, 3.63) is 0 Å². The van der Waals surface area contributed by atoms with E-state index in [0.717, 1.165) is 27.7 Å². The van der Waals surface area contributed by atoms with E-state index in [4.69, 9.17) is 51.1 Å². The van der Waals surface area contributed by atoms with Crippen molar-refractivity contribution in [2.75, 3.05) is 13.1 Å². The molecule has 0 amide bonds. The molecule has 4 rings (SSSR count). The summed E-state index contributed by atoms with van der Waals surface area (Å²) in [6.45, 7) is 35.6. The lowest BCUT2D eigenvalue weighted by atomic mass is 9.81. The molecule has 22 nitrogen and oxygen atoms in total. The third-order valence-corrected chi connectivity index (χ3v) is 9.79. The largest absolute Gasteiger partial charge is 0.481 e. The number of carboxylic acid groups (broad SMARTS) is 4. The molecule has 0 atom stereocenters. The number of hydrogen-bond acceptors (Lipinski definition) is 18.